The number of aromatic carboxylic acids is 1. The van der Waals surface area contributed by atoms with Gasteiger partial charge in [0, 0.05) is 5.41 Å². The van der Waals surface area contributed by atoms with E-state index in [1.54, 1.807) is 12.1 Å². The van der Waals surface area contributed by atoms with Crippen LogP contribution in [-0.4, -0.2) is 23.1 Å². The SMILES string of the molecule is C[C@]12CC[C@H](C[C@@H]1OC(=O)c1ccccc1C(=O)O)C2. The molecule has 2 saturated carbocycles. The van der Waals surface area contributed by atoms with Gasteiger partial charge >= 0.3 is 11.9 Å². The second kappa shape index (κ2) is 4.62. The minimum Gasteiger partial charge on any atom is -0.478 e. The molecule has 1 N–H and O–H groups in total. The van der Waals surface area contributed by atoms with Crippen LogP contribution < -0.4 is 0 Å². The van der Waals surface area contributed by atoms with Crippen molar-refractivity contribution < 1.29 is 19.4 Å². The lowest BCUT2D eigenvalue weighted by Gasteiger charge is -2.31. The topological polar surface area (TPSA) is 63.6 Å². The zero-order valence-corrected chi connectivity index (χ0v) is 11.5. The van der Waals surface area contributed by atoms with E-state index in [1.807, 2.05) is 0 Å². The highest BCUT2D eigenvalue weighted by Gasteiger charge is 2.50. The first kappa shape index (κ1) is 13.2. The number of ether oxygens (including phenoxy) is 1. The van der Waals surface area contributed by atoms with Crippen molar-refractivity contribution in [2.24, 2.45) is 11.3 Å². The van der Waals surface area contributed by atoms with E-state index < -0.39 is 11.9 Å². The fourth-order valence-corrected chi connectivity index (χ4v) is 3.71. The second-order valence-corrected chi connectivity index (χ2v) is 6.24. The van der Waals surface area contributed by atoms with Crippen LogP contribution in [0.5, 0.6) is 0 Å². The number of hydrogen-bond donors (Lipinski definition) is 1. The van der Waals surface area contributed by atoms with Gasteiger partial charge in [-0.05, 0) is 43.7 Å². The van der Waals surface area contributed by atoms with Gasteiger partial charge in [0.1, 0.15) is 6.10 Å². The average molecular weight is 274 g/mol. The molecule has 1 aromatic carbocycles. The summed E-state index contributed by atoms with van der Waals surface area (Å²) in [6.45, 7) is 2.17. The van der Waals surface area contributed by atoms with Crippen LogP contribution in [0.2, 0.25) is 0 Å². The Labute approximate surface area is 117 Å². The molecule has 106 valence electrons. The second-order valence-electron chi connectivity index (χ2n) is 6.24. The van der Waals surface area contributed by atoms with Gasteiger partial charge in [-0.15, -0.1) is 0 Å². The predicted octanol–water partition coefficient (Wildman–Crippen LogP) is 3.12. The van der Waals surface area contributed by atoms with Gasteiger partial charge < -0.3 is 9.84 Å². The summed E-state index contributed by atoms with van der Waals surface area (Å²) in [7, 11) is 0. The highest BCUT2D eigenvalue weighted by molar-refractivity contribution is 6.02. The van der Waals surface area contributed by atoms with E-state index in [-0.39, 0.29) is 22.6 Å². The van der Waals surface area contributed by atoms with E-state index in [1.165, 1.54) is 18.6 Å². The fourth-order valence-electron chi connectivity index (χ4n) is 3.71. The Morgan fingerprint density at radius 2 is 2.00 bits per heavy atom. The Bertz CT molecular complexity index is 565. The summed E-state index contributed by atoms with van der Waals surface area (Å²) in [6.07, 6.45) is 4.27. The van der Waals surface area contributed by atoms with Gasteiger partial charge in [0.2, 0.25) is 0 Å². The van der Waals surface area contributed by atoms with Crippen LogP contribution in [0.25, 0.3) is 0 Å². The summed E-state index contributed by atoms with van der Waals surface area (Å²) in [5.41, 5.74) is 0.232. The van der Waals surface area contributed by atoms with Crippen LogP contribution >= 0.6 is 0 Å². The first-order chi connectivity index (χ1) is 9.49. The van der Waals surface area contributed by atoms with Crippen LogP contribution in [-0.2, 0) is 4.74 Å². The maximum absolute atomic E-state index is 12.3. The average Bonchev–Trinajstić information content (AvgIpc) is 2.94. The zero-order valence-electron chi connectivity index (χ0n) is 11.5. The molecule has 20 heavy (non-hydrogen) atoms. The fraction of sp³-hybridized carbons (Fsp3) is 0.500. The summed E-state index contributed by atoms with van der Waals surface area (Å²) < 4.78 is 5.62. The van der Waals surface area contributed by atoms with Crippen molar-refractivity contribution in [3.8, 4) is 0 Å². The molecule has 1 aromatic rings. The lowest BCUT2D eigenvalue weighted by Crippen LogP contribution is -2.32. The molecule has 4 nitrogen and oxygen atoms in total. The lowest BCUT2D eigenvalue weighted by molar-refractivity contribution is -0.00651. The molecular formula is C16H18O4. The van der Waals surface area contributed by atoms with Gasteiger partial charge in [0.15, 0.2) is 0 Å². The van der Waals surface area contributed by atoms with Gasteiger partial charge in [-0.25, -0.2) is 9.59 Å². The number of rotatable bonds is 3. The third-order valence-corrected chi connectivity index (χ3v) is 4.83. The van der Waals surface area contributed by atoms with Crippen molar-refractivity contribution in [3.05, 3.63) is 35.4 Å². The number of esters is 1. The van der Waals surface area contributed by atoms with Gasteiger partial charge in [-0.2, -0.15) is 0 Å². The van der Waals surface area contributed by atoms with Crippen LogP contribution in [0.15, 0.2) is 24.3 Å². The molecule has 2 aliphatic carbocycles. The van der Waals surface area contributed by atoms with E-state index in [0.29, 0.717) is 5.92 Å². The summed E-state index contributed by atoms with van der Waals surface area (Å²) in [5, 5.41) is 9.12. The van der Waals surface area contributed by atoms with Gasteiger partial charge in [-0.1, -0.05) is 19.1 Å². The van der Waals surface area contributed by atoms with Gasteiger partial charge in [0.25, 0.3) is 0 Å². The minimum atomic E-state index is -1.10. The van der Waals surface area contributed by atoms with Crippen molar-refractivity contribution in [3.63, 3.8) is 0 Å². The third kappa shape index (κ3) is 2.09. The van der Waals surface area contributed by atoms with Crippen molar-refractivity contribution >= 4 is 11.9 Å². The molecule has 2 aliphatic rings. The smallest absolute Gasteiger partial charge is 0.339 e. The molecule has 0 unspecified atom stereocenters. The highest BCUT2D eigenvalue weighted by Crippen LogP contribution is 2.55. The van der Waals surface area contributed by atoms with Crippen LogP contribution in [0.4, 0.5) is 0 Å². The summed E-state index contributed by atoms with van der Waals surface area (Å²) in [4.78, 5) is 23.4. The van der Waals surface area contributed by atoms with Crippen molar-refractivity contribution in [1.29, 1.82) is 0 Å². The third-order valence-electron chi connectivity index (χ3n) is 4.83. The molecule has 0 saturated heterocycles. The molecule has 0 aliphatic heterocycles. The molecule has 4 heteroatoms. The van der Waals surface area contributed by atoms with E-state index in [9.17, 15) is 9.59 Å². The Kier molecular flexibility index (Phi) is 3.04. The zero-order chi connectivity index (χ0) is 14.3. The molecule has 0 spiro atoms. The van der Waals surface area contributed by atoms with E-state index in [0.717, 1.165) is 19.3 Å². The quantitative estimate of drug-likeness (QED) is 0.860. The highest BCUT2D eigenvalue weighted by atomic mass is 16.5. The molecule has 3 atom stereocenters. The molecule has 0 amide bonds. The molecule has 0 radical (unpaired) electrons. The maximum atomic E-state index is 12.3. The number of benzene rings is 1. The monoisotopic (exact) mass is 274 g/mol. The first-order valence-corrected chi connectivity index (χ1v) is 7.03. The minimum absolute atomic E-state index is 0.00538. The van der Waals surface area contributed by atoms with Gasteiger partial charge in [-0.3, -0.25) is 0 Å². The Hall–Kier alpha value is -1.84. The number of carboxylic acids is 1. The largest absolute Gasteiger partial charge is 0.478 e. The number of fused-ring (bicyclic) bond motifs is 2. The Morgan fingerprint density at radius 1 is 1.30 bits per heavy atom. The number of carbonyl (C=O) groups is 2. The first-order valence-electron chi connectivity index (χ1n) is 7.03. The van der Waals surface area contributed by atoms with E-state index in [4.69, 9.17) is 9.84 Å². The maximum Gasteiger partial charge on any atom is 0.339 e. The van der Waals surface area contributed by atoms with E-state index in [2.05, 4.69) is 6.92 Å². The van der Waals surface area contributed by atoms with Gasteiger partial charge in [0.05, 0.1) is 11.1 Å². The summed E-state index contributed by atoms with van der Waals surface area (Å²) in [5.74, 6) is -0.953. The van der Waals surface area contributed by atoms with Crippen molar-refractivity contribution in [1.82, 2.24) is 0 Å². The molecular weight excluding hydrogens is 256 g/mol. The number of carboxylic acid groups (broad SMARTS) is 1. The number of carbonyl (C=O) groups excluding carboxylic acids is 1. The van der Waals surface area contributed by atoms with Crippen LogP contribution in [0, 0.1) is 11.3 Å². The van der Waals surface area contributed by atoms with Crippen molar-refractivity contribution in [2.45, 2.75) is 38.7 Å². The molecule has 0 aromatic heterocycles. The predicted molar refractivity (Wildman–Crippen MR) is 72.7 cm³/mol. The molecule has 3 rings (SSSR count). The standard InChI is InChI=1S/C16H18O4/c1-16-7-6-10(9-16)8-13(16)20-15(19)12-5-3-2-4-11(12)14(17)18/h2-5,10,13H,6-9H2,1H3,(H,17,18)/t10-,13+,16-/m1/s1. The Balaban J connectivity index is 1.79. The summed E-state index contributed by atoms with van der Waals surface area (Å²) >= 11 is 0. The normalized spacial score (nSPS) is 31.2. The molecule has 2 fully saturated rings. The van der Waals surface area contributed by atoms with E-state index >= 15 is 0 Å². The van der Waals surface area contributed by atoms with Crippen molar-refractivity contribution in [2.75, 3.05) is 0 Å². The lowest BCUT2D eigenvalue weighted by atomic mass is 9.84. The van der Waals surface area contributed by atoms with Crippen LogP contribution in [0.1, 0.15) is 53.3 Å². The molecule has 2 bridgehead atoms. The summed E-state index contributed by atoms with van der Waals surface area (Å²) in [6, 6.07) is 6.22. The number of hydrogen-bond acceptors (Lipinski definition) is 3. The molecule has 0 heterocycles. The Morgan fingerprint density at radius 3 is 2.55 bits per heavy atom. The van der Waals surface area contributed by atoms with Crippen LogP contribution in [0.3, 0.4) is 0 Å².